The van der Waals surface area contributed by atoms with Crippen LogP contribution in [0.4, 0.5) is 5.69 Å². The van der Waals surface area contributed by atoms with Crippen molar-refractivity contribution >= 4 is 47.4 Å². The molecular weight excluding hydrogens is 474 g/mol. The lowest BCUT2D eigenvalue weighted by Gasteiger charge is -2.09. The van der Waals surface area contributed by atoms with E-state index in [1.54, 1.807) is 16.8 Å². The molecule has 0 atom stereocenters. The lowest BCUT2D eigenvalue weighted by Crippen LogP contribution is -2.09. The Labute approximate surface area is 161 Å². The lowest BCUT2D eigenvalue weighted by molar-refractivity contribution is 0.602. The summed E-state index contributed by atoms with van der Waals surface area (Å²) in [5.74, 6) is 0.599. The minimum absolute atomic E-state index is 0.253. The molecule has 0 fully saturated rings. The monoisotopic (exact) mass is 485 g/mol. The van der Waals surface area contributed by atoms with E-state index in [-0.39, 0.29) is 4.90 Å². The highest BCUT2D eigenvalue weighted by atomic mass is 79.9. The second kappa shape index (κ2) is 7.22. The van der Waals surface area contributed by atoms with Crippen LogP contribution in [0.25, 0.3) is 5.69 Å². The zero-order valence-corrected chi connectivity index (χ0v) is 17.0. The van der Waals surface area contributed by atoms with Crippen LogP contribution in [0.3, 0.4) is 0 Å². The molecule has 25 heavy (non-hydrogen) atoms. The number of nitrogens with zero attached hydrogens (tertiary/aromatic N) is 4. The van der Waals surface area contributed by atoms with E-state index in [1.807, 2.05) is 18.2 Å². The third-order valence-corrected chi connectivity index (χ3v) is 5.69. The molecule has 130 valence electrons. The molecule has 10 heteroatoms. The zero-order valence-electron chi connectivity index (χ0n) is 13.0. The fourth-order valence-electron chi connectivity index (χ4n) is 2.16. The van der Waals surface area contributed by atoms with Gasteiger partial charge in [-0.3, -0.25) is 0 Å². The quantitative estimate of drug-likeness (QED) is 0.595. The molecule has 1 aromatic heterocycles. The van der Waals surface area contributed by atoms with Crippen LogP contribution >= 0.6 is 31.9 Å². The molecule has 0 saturated heterocycles. The number of anilines is 1. The van der Waals surface area contributed by atoms with Crippen molar-refractivity contribution in [3.05, 3.63) is 57.2 Å². The average Bonchev–Trinajstić information content (AvgIpc) is 3.02. The van der Waals surface area contributed by atoms with E-state index in [0.29, 0.717) is 18.1 Å². The van der Waals surface area contributed by atoms with Gasteiger partial charge >= 0.3 is 0 Å². The average molecular weight is 487 g/mol. The van der Waals surface area contributed by atoms with Crippen LogP contribution in [-0.2, 0) is 16.4 Å². The molecule has 0 unspecified atom stereocenters. The van der Waals surface area contributed by atoms with Gasteiger partial charge in [-0.25, -0.2) is 8.42 Å². The van der Waals surface area contributed by atoms with Gasteiger partial charge < -0.3 is 5.32 Å². The highest BCUT2D eigenvalue weighted by molar-refractivity contribution is 9.11. The number of sulfone groups is 1. The largest absolute Gasteiger partial charge is 0.377 e. The van der Waals surface area contributed by atoms with E-state index in [2.05, 4.69) is 52.7 Å². The zero-order chi connectivity index (χ0) is 18.0. The minimum Gasteiger partial charge on any atom is -0.377 e. The van der Waals surface area contributed by atoms with Crippen LogP contribution in [0, 0.1) is 0 Å². The molecule has 0 aliphatic rings. The van der Waals surface area contributed by atoms with E-state index < -0.39 is 9.84 Å². The maximum absolute atomic E-state index is 11.5. The molecule has 1 heterocycles. The fraction of sp³-hybridized carbons (Fsp3) is 0.133. The van der Waals surface area contributed by atoms with Gasteiger partial charge in [-0.1, -0.05) is 15.9 Å². The van der Waals surface area contributed by atoms with Crippen molar-refractivity contribution in [3.63, 3.8) is 0 Å². The van der Waals surface area contributed by atoms with E-state index >= 15 is 0 Å². The molecular formula is C15H13Br2N5O2S. The fourth-order valence-corrected chi connectivity index (χ4v) is 3.98. The first-order valence-electron chi connectivity index (χ1n) is 7.11. The molecule has 7 nitrogen and oxygen atoms in total. The smallest absolute Gasteiger partial charge is 0.175 e. The summed E-state index contributed by atoms with van der Waals surface area (Å²) >= 11 is 6.90. The Kier molecular flexibility index (Phi) is 5.21. The van der Waals surface area contributed by atoms with Crippen molar-refractivity contribution in [2.75, 3.05) is 11.6 Å². The molecule has 0 aliphatic heterocycles. The topological polar surface area (TPSA) is 89.8 Å². The number of hydrogen-bond acceptors (Lipinski definition) is 6. The van der Waals surface area contributed by atoms with E-state index in [1.165, 1.54) is 18.4 Å². The van der Waals surface area contributed by atoms with Gasteiger partial charge in [0.2, 0.25) is 0 Å². The summed E-state index contributed by atoms with van der Waals surface area (Å²) in [6.07, 6.45) is 1.17. The van der Waals surface area contributed by atoms with Gasteiger partial charge in [0, 0.05) is 20.9 Å². The first kappa shape index (κ1) is 18.0. The van der Waals surface area contributed by atoms with Crippen molar-refractivity contribution in [2.24, 2.45) is 0 Å². The number of benzene rings is 2. The van der Waals surface area contributed by atoms with E-state index in [4.69, 9.17) is 0 Å². The SMILES string of the molecule is CS(=O)(=O)c1ccc(-n2nnnc2CNc2ccc(Br)cc2Br)cc1. The number of hydrogen-bond donors (Lipinski definition) is 1. The lowest BCUT2D eigenvalue weighted by atomic mass is 10.3. The van der Waals surface area contributed by atoms with Crippen molar-refractivity contribution in [3.8, 4) is 5.69 Å². The summed E-state index contributed by atoms with van der Waals surface area (Å²) in [7, 11) is -3.24. The standard InChI is InChI=1S/C15H13Br2N5O2S/c1-25(23,24)12-5-3-11(4-6-12)22-15(19-20-21-22)9-18-14-7-2-10(16)8-13(14)17/h2-8,18H,9H2,1H3. The minimum atomic E-state index is -3.24. The maximum atomic E-state index is 11.5. The van der Waals surface area contributed by atoms with Crippen LogP contribution < -0.4 is 5.32 Å². The third kappa shape index (κ3) is 4.25. The molecule has 3 aromatic rings. The van der Waals surface area contributed by atoms with Gasteiger partial charge in [-0.05, 0) is 68.8 Å². The number of nitrogens with one attached hydrogen (secondary N) is 1. The Morgan fingerprint density at radius 3 is 2.48 bits per heavy atom. The van der Waals surface area contributed by atoms with Gasteiger partial charge in [-0.2, -0.15) is 4.68 Å². The normalized spacial score (nSPS) is 11.5. The highest BCUT2D eigenvalue weighted by Gasteiger charge is 2.11. The molecule has 2 aromatic carbocycles. The molecule has 0 amide bonds. The number of tetrazole rings is 1. The number of halogens is 2. The van der Waals surface area contributed by atoms with Crippen molar-refractivity contribution in [1.29, 1.82) is 0 Å². The van der Waals surface area contributed by atoms with Crippen LogP contribution in [0.15, 0.2) is 56.3 Å². The summed E-state index contributed by atoms with van der Waals surface area (Å²) in [5.41, 5.74) is 1.59. The maximum Gasteiger partial charge on any atom is 0.175 e. The molecule has 0 spiro atoms. The van der Waals surface area contributed by atoms with Crippen LogP contribution in [0.5, 0.6) is 0 Å². The Balaban J connectivity index is 1.81. The van der Waals surface area contributed by atoms with Crippen molar-refractivity contribution in [1.82, 2.24) is 20.2 Å². The predicted molar refractivity (Wildman–Crippen MR) is 101 cm³/mol. The van der Waals surface area contributed by atoms with Gasteiger partial charge in [0.15, 0.2) is 15.7 Å². The van der Waals surface area contributed by atoms with Gasteiger partial charge in [0.1, 0.15) is 0 Å². The summed E-state index contributed by atoms with van der Waals surface area (Å²) in [6.45, 7) is 0.404. The van der Waals surface area contributed by atoms with Gasteiger partial charge in [-0.15, -0.1) is 5.10 Å². The Hall–Kier alpha value is -1.78. The van der Waals surface area contributed by atoms with Crippen molar-refractivity contribution in [2.45, 2.75) is 11.4 Å². The second-order valence-electron chi connectivity index (χ2n) is 5.25. The highest BCUT2D eigenvalue weighted by Crippen LogP contribution is 2.26. The first-order chi connectivity index (χ1) is 11.8. The third-order valence-electron chi connectivity index (χ3n) is 3.41. The number of rotatable bonds is 5. The second-order valence-corrected chi connectivity index (χ2v) is 9.04. The number of aromatic nitrogens is 4. The molecule has 0 saturated carbocycles. The van der Waals surface area contributed by atoms with E-state index in [9.17, 15) is 8.42 Å². The Bertz CT molecular complexity index is 1000. The Morgan fingerprint density at radius 1 is 1.12 bits per heavy atom. The summed E-state index contributed by atoms with van der Waals surface area (Å²) in [6, 6.07) is 12.2. The molecule has 3 rings (SSSR count). The predicted octanol–water partition coefficient (Wildman–Crippen LogP) is 3.20. The first-order valence-corrected chi connectivity index (χ1v) is 10.6. The van der Waals surface area contributed by atoms with Crippen molar-refractivity contribution < 1.29 is 8.42 Å². The van der Waals surface area contributed by atoms with Crippen LogP contribution in [0.1, 0.15) is 5.82 Å². The molecule has 1 N–H and O–H groups in total. The Morgan fingerprint density at radius 2 is 1.84 bits per heavy atom. The summed E-state index contributed by atoms with van der Waals surface area (Å²) in [4.78, 5) is 0.253. The molecule has 0 aliphatic carbocycles. The van der Waals surface area contributed by atoms with Gasteiger partial charge in [0.25, 0.3) is 0 Å². The van der Waals surface area contributed by atoms with Crippen LogP contribution in [-0.4, -0.2) is 34.9 Å². The molecule has 0 bridgehead atoms. The summed E-state index contributed by atoms with van der Waals surface area (Å²) < 4.78 is 26.5. The molecule has 0 radical (unpaired) electrons. The van der Waals surface area contributed by atoms with E-state index in [0.717, 1.165) is 14.6 Å². The summed E-state index contributed by atoms with van der Waals surface area (Å²) in [5, 5.41) is 15.0. The van der Waals surface area contributed by atoms with Crippen LogP contribution in [0.2, 0.25) is 0 Å². The van der Waals surface area contributed by atoms with Gasteiger partial charge in [0.05, 0.1) is 17.1 Å².